The predicted octanol–water partition coefficient (Wildman–Crippen LogP) is 3.09. The lowest BCUT2D eigenvalue weighted by Crippen LogP contribution is -2.39. The summed E-state index contributed by atoms with van der Waals surface area (Å²) in [6, 6.07) is 6.14. The van der Waals surface area contributed by atoms with E-state index in [1.807, 2.05) is 6.92 Å². The van der Waals surface area contributed by atoms with Crippen LogP contribution in [0.25, 0.3) is 0 Å². The first-order chi connectivity index (χ1) is 11.7. The number of carbonyl (C=O) groups excluding carboxylic acids is 2. The van der Waals surface area contributed by atoms with E-state index >= 15 is 0 Å². The Bertz CT molecular complexity index is 751. The molecule has 1 aliphatic carbocycles. The number of aliphatic imine (C=N–C) groups is 1. The Labute approximate surface area is 140 Å². The van der Waals surface area contributed by atoms with Crippen LogP contribution in [-0.2, 0) is 4.79 Å². The molecule has 0 N–H and O–H groups in total. The van der Waals surface area contributed by atoms with Crippen molar-refractivity contribution in [3.63, 3.8) is 0 Å². The van der Waals surface area contributed by atoms with Gasteiger partial charge in [-0.3, -0.25) is 14.7 Å². The van der Waals surface area contributed by atoms with Crippen LogP contribution in [0.3, 0.4) is 0 Å². The lowest BCUT2D eigenvalue weighted by molar-refractivity contribution is -0.117. The van der Waals surface area contributed by atoms with Crippen molar-refractivity contribution in [2.24, 2.45) is 4.99 Å². The second-order valence-electron chi connectivity index (χ2n) is 6.08. The Balaban J connectivity index is 1.67. The molecule has 1 unspecified atom stereocenters. The van der Waals surface area contributed by atoms with Crippen LogP contribution in [-0.4, -0.2) is 35.7 Å². The fourth-order valence-corrected chi connectivity index (χ4v) is 3.51. The summed E-state index contributed by atoms with van der Waals surface area (Å²) < 4.78 is 5.42. The van der Waals surface area contributed by atoms with Gasteiger partial charge in [0.2, 0.25) is 0 Å². The summed E-state index contributed by atoms with van der Waals surface area (Å²) in [4.78, 5) is 33.0. The Morgan fingerprint density at radius 3 is 2.67 bits per heavy atom. The summed E-state index contributed by atoms with van der Waals surface area (Å²) in [5, 5.41) is 0. The van der Waals surface area contributed by atoms with Crippen LogP contribution in [0.4, 0.5) is 10.5 Å². The van der Waals surface area contributed by atoms with Gasteiger partial charge in [-0.2, -0.15) is 0 Å². The largest absolute Gasteiger partial charge is 0.494 e. The van der Waals surface area contributed by atoms with Gasteiger partial charge in [0, 0.05) is 11.9 Å². The molecule has 2 aliphatic heterocycles. The molecule has 1 aromatic rings. The second kappa shape index (κ2) is 5.78. The van der Waals surface area contributed by atoms with Crippen LogP contribution in [0.5, 0.6) is 5.75 Å². The SMILES string of the molecule is CCOc1ccc(N2C(=O)C3C=NC4=C(CCCC4)N3C2=O)cc1. The Morgan fingerprint density at radius 1 is 1.17 bits per heavy atom. The third-order valence-corrected chi connectivity index (χ3v) is 4.63. The highest BCUT2D eigenvalue weighted by Gasteiger charge is 2.48. The molecular weight excluding hydrogens is 306 g/mol. The van der Waals surface area contributed by atoms with E-state index in [2.05, 4.69) is 4.99 Å². The second-order valence-corrected chi connectivity index (χ2v) is 6.08. The minimum absolute atomic E-state index is 0.245. The third kappa shape index (κ3) is 2.21. The lowest BCUT2D eigenvalue weighted by atomic mass is 9.98. The zero-order valence-electron chi connectivity index (χ0n) is 13.6. The number of hydrogen-bond donors (Lipinski definition) is 0. The van der Waals surface area contributed by atoms with E-state index in [1.165, 1.54) is 4.90 Å². The molecule has 2 heterocycles. The van der Waals surface area contributed by atoms with E-state index in [0.717, 1.165) is 42.8 Å². The molecule has 124 valence electrons. The summed E-state index contributed by atoms with van der Waals surface area (Å²) >= 11 is 0. The maximum atomic E-state index is 12.9. The van der Waals surface area contributed by atoms with Crippen LogP contribution in [0.15, 0.2) is 40.7 Å². The monoisotopic (exact) mass is 325 g/mol. The molecule has 3 amide bonds. The number of carbonyl (C=O) groups is 2. The topological polar surface area (TPSA) is 62.2 Å². The molecule has 6 nitrogen and oxygen atoms in total. The number of ether oxygens (including phenoxy) is 1. The number of hydrogen-bond acceptors (Lipinski definition) is 4. The van der Waals surface area contributed by atoms with Crippen molar-refractivity contribution in [1.29, 1.82) is 0 Å². The molecule has 1 fully saturated rings. The first-order valence-electron chi connectivity index (χ1n) is 8.37. The number of anilines is 1. The van der Waals surface area contributed by atoms with Crippen molar-refractivity contribution < 1.29 is 14.3 Å². The highest BCUT2D eigenvalue weighted by Crippen LogP contribution is 2.37. The summed E-state index contributed by atoms with van der Waals surface area (Å²) in [5.74, 6) is 0.474. The van der Waals surface area contributed by atoms with Crippen LogP contribution >= 0.6 is 0 Å². The number of urea groups is 1. The summed E-state index contributed by atoms with van der Waals surface area (Å²) in [6.45, 7) is 2.48. The van der Waals surface area contributed by atoms with E-state index in [1.54, 1.807) is 35.4 Å². The van der Waals surface area contributed by atoms with E-state index in [-0.39, 0.29) is 11.9 Å². The molecule has 4 rings (SSSR count). The third-order valence-electron chi connectivity index (χ3n) is 4.63. The molecule has 0 radical (unpaired) electrons. The van der Waals surface area contributed by atoms with E-state index in [9.17, 15) is 9.59 Å². The zero-order chi connectivity index (χ0) is 16.7. The van der Waals surface area contributed by atoms with Crippen molar-refractivity contribution in [1.82, 2.24) is 4.90 Å². The number of rotatable bonds is 3. The van der Waals surface area contributed by atoms with E-state index in [0.29, 0.717) is 12.3 Å². The fraction of sp³-hybridized carbons (Fsp3) is 0.389. The molecular formula is C18H19N3O3. The quantitative estimate of drug-likeness (QED) is 0.802. The van der Waals surface area contributed by atoms with Crippen LogP contribution < -0.4 is 9.64 Å². The highest BCUT2D eigenvalue weighted by molar-refractivity contribution is 6.27. The molecule has 0 saturated carbocycles. The molecule has 1 aromatic carbocycles. The maximum Gasteiger partial charge on any atom is 0.336 e. The molecule has 6 heteroatoms. The number of fused-ring (bicyclic) bond motifs is 2. The molecule has 0 aromatic heterocycles. The molecule has 0 spiro atoms. The summed E-state index contributed by atoms with van der Waals surface area (Å²) in [7, 11) is 0. The van der Waals surface area contributed by atoms with Gasteiger partial charge in [0.15, 0.2) is 6.04 Å². The van der Waals surface area contributed by atoms with E-state index < -0.39 is 6.04 Å². The summed E-state index contributed by atoms with van der Waals surface area (Å²) in [6.07, 6.45) is 5.40. The number of amides is 3. The van der Waals surface area contributed by atoms with Crippen molar-refractivity contribution in [3.05, 3.63) is 35.7 Å². The lowest BCUT2D eigenvalue weighted by Gasteiger charge is -2.30. The smallest absolute Gasteiger partial charge is 0.336 e. The fourth-order valence-electron chi connectivity index (χ4n) is 3.51. The van der Waals surface area contributed by atoms with Gasteiger partial charge in [-0.25, -0.2) is 9.69 Å². The molecule has 0 bridgehead atoms. The van der Waals surface area contributed by atoms with Crippen molar-refractivity contribution in [3.8, 4) is 5.75 Å². The van der Waals surface area contributed by atoms with Gasteiger partial charge in [0.05, 0.1) is 18.0 Å². The molecule has 1 atom stereocenters. The Hall–Kier alpha value is -2.63. The van der Waals surface area contributed by atoms with Gasteiger partial charge in [-0.05, 0) is 56.9 Å². The van der Waals surface area contributed by atoms with Crippen molar-refractivity contribution in [2.45, 2.75) is 38.6 Å². The zero-order valence-corrected chi connectivity index (χ0v) is 13.6. The number of nitrogens with zero attached hydrogens (tertiary/aromatic N) is 3. The van der Waals surface area contributed by atoms with Gasteiger partial charge in [0.25, 0.3) is 5.91 Å². The molecule has 1 saturated heterocycles. The maximum absolute atomic E-state index is 12.9. The number of allylic oxidation sites excluding steroid dienone is 2. The first kappa shape index (κ1) is 14.9. The average Bonchev–Trinajstić information content (AvgIpc) is 2.87. The van der Waals surface area contributed by atoms with Gasteiger partial charge in [-0.15, -0.1) is 0 Å². The number of imide groups is 1. The summed E-state index contributed by atoms with van der Waals surface area (Å²) in [5.41, 5.74) is 2.43. The number of benzene rings is 1. The van der Waals surface area contributed by atoms with Crippen LogP contribution in [0, 0.1) is 0 Å². The normalized spacial score (nSPS) is 22.8. The minimum Gasteiger partial charge on any atom is -0.494 e. The van der Waals surface area contributed by atoms with Gasteiger partial charge in [0.1, 0.15) is 5.75 Å². The van der Waals surface area contributed by atoms with Gasteiger partial charge < -0.3 is 4.74 Å². The average molecular weight is 325 g/mol. The Kier molecular flexibility index (Phi) is 3.59. The van der Waals surface area contributed by atoms with Crippen LogP contribution in [0.2, 0.25) is 0 Å². The van der Waals surface area contributed by atoms with E-state index in [4.69, 9.17) is 4.74 Å². The van der Waals surface area contributed by atoms with Crippen molar-refractivity contribution >= 4 is 23.8 Å². The van der Waals surface area contributed by atoms with Crippen molar-refractivity contribution in [2.75, 3.05) is 11.5 Å². The van der Waals surface area contributed by atoms with Gasteiger partial charge >= 0.3 is 6.03 Å². The predicted molar refractivity (Wildman–Crippen MR) is 90.1 cm³/mol. The minimum atomic E-state index is -0.610. The highest BCUT2D eigenvalue weighted by atomic mass is 16.5. The van der Waals surface area contributed by atoms with Gasteiger partial charge in [-0.1, -0.05) is 0 Å². The first-order valence-corrected chi connectivity index (χ1v) is 8.37. The molecule has 24 heavy (non-hydrogen) atoms. The Morgan fingerprint density at radius 2 is 1.92 bits per heavy atom. The standard InChI is InChI=1S/C18H19N3O3/c1-2-24-13-9-7-12(8-10-13)20-17(22)16-11-19-14-5-3-4-6-15(14)21(16)18(20)23/h7-11,16H,2-6H2,1H3. The molecule has 3 aliphatic rings. The van der Waals surface area contributed by atoms with Crippen LogP contribution in [0.1, 0.15) is 32.6 Å².